The number of hydrogen-bond donors (Lipinski definition) is 1. The fraction of sp³-hybridized carbons (Fsp3) is 0.320. The van der Waals surface area contributed by atoms with Gasteiger partial charge < -0.3 is 5.11 Å². The molecular formula is C25H20F6O2. The summed E-state index contributed by atoms with van der Waals surface area (Å²) >= 11 is 0. The van der Waals surface area contributed by atoms with E-state index in [4.69, 9.17) is 0 Å². The highest BCUT2D eigenvalue weighted by Gasteiger charge is 2.50. The van der Waals surface area contributed by atoms with Crippen molar-refractivity contribution in [2.45, 2.75) is 45.1 Å². The van der Waals surface area contributed by atoms with Gasteiger partial charge >= 0.3 is 0 Å². The summed E-state index contributed by atoms with van der Waals surface area (Å²) in [5.74, 6) is -14.4. The molecule has 0 heterocycles. The van der Waals surface area contributed by atoms with Gasteiger partial charge in [-0.15, -0.1) is 0 Å². The van der Waals surface area contributed by atoms with Crippen LogP contribution in [0.3, 0.4) is 0 Å². The Morgan fingerprint density at radius 1 is 1.00 bits per heavy atom. The smallest absolute Gasteiger partial charge is 0.200 e. The number of allylic oxidation sites excluding steroid dienone is 2. The largest absolute Gasteiger partial charge is 0.392 e. The Hall–Kier alpha value is -2.87. The Labute approximate surface area is 186 Å². The quantitative estimate of drug-likeness (QED) is 0.256. The summed E-state index contributed by atoms with van der Waals surface area (Å²) in [6.07, 6.45) is 0.205. The number of ketones is 1. The van der Waals surface area contributed by atoms with Crippen molar-refractivity contribution in [3.05, 3.63) is 87.3 Å². The van der Waals surface area contributed by atoms with Crippen molar-refractivity contribution in [2.75, 3.05) is 0 Å². The summed E-state index contributed by atoms with van der Waals surface area (Å²) in [5.41, 5.74) is -2.10. The van der Waals surface area contributed by atoms with Gasteiger partial charge in [0.25, 0.3) is 0 Å². The molecule has 2 nitrogen and oxygen atoms in total. The standard InChI is InChI=1S/C25H20F6O2/c1-12-15-8-5-9-16(32)25(15,10-13-6-3-2-4-7-13)11-14(24(12)33)18(26)17-19(27)21(29)23(31)22(30)20(17)28/h2-4,6-7,16,32H,5,8-11H2,1H3/b18-14+/t16-,25-/m0/s1. The third-order valence-corrected chi connectivity index (χ3v) is 6.76. The fourth-order valence-electron chi connectivity index (χ4n) is 5.12. The van der Waals surface area contributed by atoms with E-state index in [2.05, 4.69) is 0 Å². The van der Waals surface area contributed by atoms with Crippen molar-refractivity contribution in [1.29, 1.82) is 0 Å². The summed E-state index contributed by atoms with van der Waals surface area (Å²) in [7, 11) is 0. The maximum absolute atomic E-state index is 15.5. The molecule has 1 saturated carbocycles. The van der Waals surface area contributed by atoms with E-state index >= 15 is 4.39 Å². The van der Waals surface area contributed by atoms with E-state index in [9.17, 15) is 31.9 Å². The first-order valence-electron chi connectivity index (χ1n) is 10.5. The number of aliphatic hydroxyl groups excluding tert-OH is 1. The normalized spacial score (nSPS) is 24.7. The summed E-state index contributed by atoms with van der Waals surface area (Å²) in [5, 5.41) is 11.0. The van der Waals surface area contributed by atoms with Gasteiger partial charge in [-0.05, 0) is 50.2 Å². The third-order valence-electron chi connectivity index (χ3n) is 6.76. The lowest BCUT2D eigenvalue weighted by atomic mass is 9.57. The number of halogens is 6. The van der Waals surface area contributed by atoms with Gasteiger partial charge in [0.1, 0.15) is 5.83 Å². The van der Waals surface area contributed by atoms with Crippen LogP contribution in [0.1, 0.15) is 43.7 Å². The van der Waals surface area contributed by atoms with Gasteiger partial charge in [0.2, 0.25) is 5.82 Å². The molecule has 4 rings (SSSR count). The van der Waals surface area contributed by atoms with E-state index in [-0.39, 0.29) is 12.0 Å². The SMILES string of the molecule is CC1=C2CCC[C@H](O)[C@@]2(Cc2ccccc2)C/C(=C(\F)c2c(F)c(F)c(F)c(F)c2F)C1=O. The summed E-state index contributed by atoms with van der Waals surface area (Å²) < 4.78 is 85.0. The van der Waals surface area contributed by atoms with Crippen LogP contribution in [0.2, 0.25) is 0 Å². The molecule has 33 heavy (non-hydrogen) atoms. The zero-order valence-corrected chi connectivity index (χ0v) is 17.6. The summed E-state index contributed by atoms with van der Waals surface area (Å²) in [4.78, 5) is 13.0. The molecule has 2 atom stereocenters. The molecule has 0 aromatic heterocycles. The molecule has 0 spiro atoms. The topological polar surface area (TPSA) is 37.3 Å². The summed E-state index contributed by atoms with van der Waals surface area (Å²) in [6, 6.07) is 8.93. The van der Waals surface area contributed by atoms with Crippen molar-refractivity contribution in [2.24, 2.45) is 5.41 Å². The number of benzene rings is 2. The molecule has 0 amide bonds. The Kier molecular flexibility index (Phi) is 5.99. The second kappa shape index (κ2) is 8.48. The monoisotopic (exact) mass is 466 g/mol. The van der Waals surface area contributed by atoms with Gasteiger partial charge in [0.15, 0.2) is 29.1 Å². The van der Waals surface area contributed by atoms with E-state index in [0.717, 1.165) is 5.56 Å². The molecule has 2 aromatic rings. The molecule has 0 radical (unpaired) electrons. The maximum Gasteiger partial charge on any atom is 0.200 e. The highest BCUT2D eigenvalue weighted by atomic mass is 19.2. The van der Waals surface area contributed by atoms with Gasteiger partial charge in [-0.25, -0.2) is 26.3 Å². The predicted octanol–water partition coefficient (Wildman–Crippen LogP) is 6.13. The molecule has 0 aliphatic heterocycles. The molecule has 174 valence electrons. The van der Waals surface area contributed by atoms with Crippen LogP contribution in [-0.2, 0) is 11.2 Å². The first-order valence-corrected chi connectivity index (χ1v) is 10.5. The first kappa shape index (κ1) is 23.3. The number of carbonyl (C=O) groups is 1. The van der Waals surface area contributed by atoms with Crippen LogP contribution in [0.5, 0.6) is 0 Å². The lowest BCUT2D eigenvalue weighted by Gasteiger charge is -2.47. The molecule has 2 aliphatic rings. The van der Waals surface area contributed by atoms with Crippen LogP contribution in [0.25, 0.3) is 5.83 Å². The number of Topliss-reactive ketones (excluding diaryl/α,β-unsaturated/α-hetero) is 1. The van der Waals surface area contributed by atoms with Crippen LogP contribution in [0.4, 0.5) is 26.3 Å². The van der Waals surface area contributed by atoms with Gasteiger partial charge in [-0.1, -0.05) is 35.9 Å². The minimum atomic E-state index is -2.41. The van der Waals surface area contributed by atoms with E-state index in [1.807, 2.05) is 0 Å². The average Bonchev–Trinajstić information content (AvgIpc) is 2.80. The third kappa shape index (κ3) is 3.60. The highest BCUT2D eigenvalue weighted by molar-refractivity contribution is 6.13. The van der Waals surface area contributed by atoms with Crippen LogP contribution < -0.4 is 0 Å². The molecule has 1 N–H and O–H groups in total. The zero-order valence-electron chi connectivity index (χ0n) is 17.6. The van der Waals surface area contributed by atoms with Crippen LogP contribution in [0, 0.1) is 34.5 Å². The Morgan fingerprint density at radius 2 is 1.58 bits per heavy atom. The Bertz CT molecular complexity index is 1170. The lowest BCUT2D eigenvalue weighted by Crippen LogP contribution is -2.46. The molecular weight excluding hydrogens is 446 g/mol. The molecule has 0 bridgehead atoms. The molecule has 2 aromatic carbocycles. The van der Waals surface area contributed by atoms with E-state index in [0.29, 0.717) is 24.8 Å². The van der Waals surface area contributed by atoms with Crippen molar-refractivity contribution >= 4 is 11.6 Å². The van der Waals surface area contributed by atoms with Crippen molar-refractivity contribution in [3.63, 3.8) is 0 Å². The molecule has 8 heteroatoms. The summed E-state index contributed by atoms with van der Waals surface area (Å²) in [6.45, 7) is 1.43. The molecule has 0 unspecified atom stereocenters. The minimum Gasteiger partial charge on any atom is -0.392 e. The van der Waals surface area contributed by atoms with E-state index < -0.39 is 69.8 Å². The number of fused-ring (bicyclic) bond motifs is 1. The highest BCUT2D eigenvalue weighted by Crippen LogP contribution is 2.53. The van der Waals surface area contributed by atoms with Gasteiger partial charge in [-0.3, -0.25) is 4.79 Å². The zero-order chi connectivity index (χ0) is 24.1. The fourth-order valence-corrected chi connectivity index (χ4v) is 5.12. The van der Waals surface area contributed by atoms with Crippen molar-refractivity contribution in [1.82, 2.24) is 0 Å². The Balaban J connectivity index is 1.95. The predicted molar refractivity (Wildman–Crippen MR) is 109 cm³/mol. The van der Waals surface area contributed by atoms with Gasteiger partial charge in [-0.2, -0.15) is 0 Å². The second-order valence-electron chi connectivity index (χ2n) is 8.57. The number of aliphatic hydroxyl groups is 1. The van der Waals surface area contributed by atoms with Crippen LogP contribution >= 0.6 is 0 Å². The lowest BCUT2D eigenvalue weighted by molar-refractivity contribution is -0.113. The Morgan fingerprint density at radius 3 is 2.18 bits per heavy atom. The first-order chi connectivity index (χ1) is 15.6. The number of hydrogen-bond acceptors (Lipinski definition) is 2. The molecule has 0 saturated heterocycles. The minimum absolute atomic E-state index is 0.116. The number of rotatable bonds is 3. The molecule has 2 aliphatic carbocycles. The van der Waals surface area contributed by atoms with Crippen molar-refractivity contribution in [3.8, 4) is 0 Å². The van der Waals surface area contributed by atoms with E-state index in [1.165, 1.54) is 6.92 Å². The average molecular weight is 466 g/mol. The van der Waals surface area contributed by atoms with Gasteiger partial charge in [0.05, 0.1) is 11.7 Å². The van der Waals surface area contributed by atoms with Crippen LogP contribution in [-0.4, -0.2) is 17.0 Å². The van der Waals surface area contributed by atoms with Gasteiger partial charge in [0, 0.05) is 11.0 Å². The number of carbonyl (C=O) groups excluding carboxylic acids is 1. The van der Waals surface area contributed by atoms with Crippen LogP contribution in [0.15, 0.2) is 47.1 Å². The maximum atomic E-state index is 15.5. The second-order valence-corrected chi connectivity index (χ2v) is 8.57. The van der Waals surface area contributed by atoms with Crippen molar-refractivity contribution < 1.29 is 36.2 Å². The molecule has 1 fully saturated rings. The van der Waals surface area contributed by atoms with E-state index in [1.54, 1.807) is 30.3 Å².